The summed E-state index contributed by atoms with van der Waals surface area (Å²) in [6, 6.07) is 9.79. The van der Waals surface area contributed by atoms with Gasteiger partial charge in [-0.05, 0) is 12.1 Å². The Bertz CT molecular complexity index is 347. The van der Waals surface area contributed by atoms with Gasteiger partial charge < -0.3 is 5.32 Å². The standard InChI is InChI=1S/C12H17N3O/c1-11(16)15(12-5-3-2-4-6-12)14-9-7-13-8-10-14/h2-6,13H,7-10H2,1H3. The SMILES string of the molecule is CC(=O)N(c1ccccc1)N1CCNCC1. The first-order valence-electron chi connectivity index (χ1n) is 5.60. The number of para-hydroxylation sites is 1. The van der Waals surface area contributed by atoms with Gasteiger partial charge in [-0.3, -0.25) is 4.79 Å². The highest BCUT2D eigenvalue weighted by molar-refractivity contribution is 5.90. The Morgan fingerprint density at radius 2 is 1.88 bits per heavy atom. The van der Waals surface area contributed by atoms with E-state index in [-0.39, 0.29) is 5.91 Å². The van der Waals surface area contributed by atoms with Gasteiger partial charge in [0.25, 0.3) is 0 Å². The first kappa shape index (κ1) is 11.1. The van der Waals surface area contributed by atoms with Crippen molar-refractivity contribution in [3.8, 4) is 0 Å². The Hall–Kier alpha value is -1.39. The van der Waals surface area contributed by atoms with E-state index in [0.717, 1.165) is 31.9 Å². The van der Waals surface area contributed by atoms with Crippen LogP contribution in [0, 0.1) is 0 Å². The molecule has 1 N–H and O–H groups in total. The number of hydrazine groups is 1. The number of nitrogens with zero attached hydrogens (tertiary/aromatic N) is 2. The molecule has 0 bridgehead atoms. The fourth-order valence-corrected chi connectivity index (χ4v) is 1.97. The van der Waals surface area contributed by atoms with Crippen LogP contribution >= 0.6 is 0 Å². The predicted octanol–water partition coefficient (Wildman–Crippen LogP) is 0.860. The first-order chi connectivity index (χ1) is 7.79. The van der Waals surface area contributed by atoms with Crippen LogP contribution in [-0.2, 0) is 4.79 Å². The van der Waals surface area contributed by atoms with E-state index in [4.69, 9.17) is 0 Å². The molecule has 4 nitrogen and oxygen atoms in total. The van der Waals surface area contributed by atoms with Crippen molar-refractivity contribution >= 4 is 11.6 Å². The van der Waals surface area contributed by atoms with E-state index in [1.165, 1.54) is 0 Å². The molecular formula is C12H17N3O. The van der Waals surface area contributed by atoms with Crippen LogP contribution in [0.15, 0.2) is 30.3 Å². The molecule has 0 atom stereocenters. The zero-order valence-corrected chi connectivity index (χ0v) is 9.52. The lowest BCUT2D eigenvalue weighted by Gasteiger charge is -2.36. The molecular weight excluding hydrogens is 202 g/mol. The molecule has 0 aromatic heterocycles. The van der Waals surface area contributed by atoms with Gasteiger partial charge in [0.1, 0.15) is 0 Å². The summed E-state index contributed by atoms with van der Waals surface area (Å²) in [5.74, 6) is 0.0631. The molecule has 2 rings (SSSR count). The van der Waals surface area contributed by atoms with Gasteiger partial charge >= 0.3 is 0 Å². The molecule has 0 aliphatic carbocycles. The van der Waals surface area contributed by atoms with Gasteiger partial charge in [0, 0.05) is 33.1 Å². The Morgan fingerprint density at radius 1 is 1.25 bits per heavy atom. The number of piperazine rings is 1. The molecule has 0 saturated carbocycles. The minimum atomic E-state index is 0.0631. The van der Waals surface area contributed by atoms with Crippen molar-refractivity contribution in [2.45, 2.75) is 6.92 Å². The maximum atomic E-state index is 11.7. The van der Waals surface area contributed by atoms with Gasteiger partial charge in [-0.2, -0.15) is 0 Å². The van der Waals surface area contributed by atoms with Crippen LogP contribution in [0.1, 0.15) is 6.92 Å². The third-order valence-corrected chi connectivity index (χ3v) is 2.68. The third kappa shape index (κ3) is 2.40. The lowest BCUT2D eigenvalue weighted by molar-refractivity contribution is -0.119. The highest BCUT2D eigenvalue weighted by Crippen LogP contribution is 2.16. The number of rotatable bonds is 2. The van der Waals surface area contributed by atoms with Crippen molar-refractivity contribution in [1.82, 2.24) is 10.3 Å². The zero-order valence-electron chi connectivity index (χ0n) is 9.52. The van der Waals surface area contributed by atoms with E-state index >= 15 is 0 Å². The molecule has 0 spiro atoms. The molecule has 1 amide bonds. The number of hydrogen-bond donors (Lipinski definition) is 1. The van der Waals surface area contributed by atoms with Gasteiger partial charge in [0.05, 0.1) is 5.69 Å². The number of anilines is 1. The first-order valence-corrected chi connectivity index (χ1v) is 5.60. The fraction of sp³-hybridized carbons (Fsp3) is 0.417. The number of amides is 1. The van der Waals surface area contributed by atoms with Crippen LogP contribution in [0.2, 0.25) is 0 Å². The quantitative estimate of drug-likeness (QED) is 0.801. The Morgan fingerprint density at radius 3 is 2.44 bits per heavy atom. The topological polar surface area (TPSA) is 35.6 Å². The van der Waals surface area contributed by atoms with E-state index in [9.17, 15) is 4.79 Å². The van der Waals surface area contributed by atoms with Gasteiger partial charge in [-0.1, -0.05) is 18.2 Å². The Balaban J connectivity index is 2.20. The number of carbonyl (C=O) groups is 1. The van der Waals surface area contributed by atoms with Crippen molar-refractivity contribution in [3.05, 3.63) is 30.3 Å². The smallest absolute Gasteiger partial charge is 0.238 e. The number of carbonyl (C=O) groups excluding carboxylic acids is 1. The van der Waals surface area contributed by atoms with E-state index in [1.54, 1.807) is 11.9 Å². The second-order valence-electron chi connectivity index (χ2n) is 3.87. The molecule has 1 aliphatic rings. The molecule has 0 unspecified atom stereocenters. The highest BCUT2D eigenvalue weighted by Gasteiger charge is 2.21. The molecule has 0 radical (unpaired) electrons. The minimum Gasteiger partial charge on any atom is -0.314 e. The summed E-state index contributed by atoms with van der Waals surface area (Å²) in [6.07, 6.45) is 0. The van der Waals surface area contributed by atoms with E-state index < -0.39 is 0 Å². The largest absolute Gasteiger partial charge is 0.314 e. The average Bonchev–Trinajstić information content (AvgIpc) is 2.31. The number of hydrogen-bond acceptors (Lipinski definition) is 3. The number of nitrogens with one attached hydrogen (secondary N) is 1. The summed E-state index contributed by atoms with van der Waals surface area (Å²) in [5.41, 5.74) is 0.942. The third-order valence-electron chi connectivity index (χ3n) is 2.68. The molecule has 1 aromatic carbocycles. The molecule has 1 aliphatic heterocycles. The molecule has 16 heavy (non-hydrogen) atoms. The van der Waals surface area contributed by atoms with Crippen LogP contribution in [-0.4, -0.2) is 37.1 Å². The molecule has 4 heteroatoms. The van der Waals surface area contributed by atoms with E-state index in [0.29, 0.717) is 0 Å². The van der Waals surface area contributed by atoms with Gasteiger partial charge in [-0.15, -0.1) is 0 Å². The average molecular weight is 219 g/mol. The molecule has 86 valence electrons. The summed E-state index contributed by atoms with van der Waals surface area (Å²) >= 11 is 0. The molecule has 1 aromatic rings. The Labute approximate surface area is 95.8 Å². The maximum Gasteiger partial charge on any atom is 0.238 e. The summed E-state index contributed by atoms with van der Waals surface area (Å²) < 4.78 is 0. The van der Waals surface area contributed by atoms with Crippen molar-refractivity contribution in [2.75, 3.05) is 31.2 Å². The highest BCUT2D eigenvalue weighted by atomic mass is 16.2. The molecule has 1 fully saturated rings. The van der Waals surface area contributed by atoms with Gasteiger partial charge in [-0.25, -0.2) is 10.0 Å². The summed E-state index contributed by atoms with van der Waals surface area (Å²) in [5, 5.41) is 7.14. The van der Waals surface area contributed by atoms with Crippen LogP contribution in [0.25, 0.3) is 0 Å². The van der Waals surface area contributed by atoms with Crippen LogP contribution in [0.4, 0.5) is 5.69 Å². The van der Waals surface area contributed by atoms with Crippen molar-refractivity contribution in [1.29, 1.82) is 0 Å². The van der Waals surface area contributed by atoms with Crippen molar-refractivity contribution in [3.63, 3.8) is 0 Å². The summed E-state index contributed by atoms with van der Waals surface area (Å²) in [7, 11) is 0. The van der Waals surface area contributed by atoms with Gasteiger partial charge in [0.2, 0.25) is 5.91 Å². The van der Waals surface area contributed by atoms with Crippen LogP contribution in [0.5, 0.6) is 0 Å². The number of benzene rings is 1. The minimum absolute atomic E-state index is 0.0631. The lowest BCUT2D eigenvalue weighted by Crippen LogP contribution is -2.54. The lowest BCUT2D eigenvalue weighted by atomic mass is 10.3. The predicted molar refractivity (Wildman–Crippen MR) is 64.0 cm³/mol. The van der Waals surface area contributed by atoms with Crippen LogP contribution < -0.4 is 10.3 Å². The van der Waals surface area contributed by atoms with Crippen molar-refractivity contribution < 1.29 is 4.79 Å². The van der Waals surface area contributed by atoms with E-state index in [2.05, 4.69) is 10.3 Å². The van der Waals surface area contributed by atoms with Gasteiger partial charge in [0.15, 0.2) is 0 Å². The normalized spacial score (nSPS) is 17.1. The zero-order chi connectivity index (χ0) is 11.4. The second-order valence-corrected chi connectivity index (χ2v) is 3.87. The van der Waals surface area contributed by atoms with E-state index in [1.807, 2.05) is 30.3 Å². The summed E-state index contributed by atoms with van der Waals surface area (Å²) in [6.45, 7) is 5.20. The second kappa shape index (κ2) is 5.09. The molecule has 1 saturated heterocycles. The fourth-order valence-electron chi connectivity index (χ4n) is 1.97. The monoisotopic (exact) mass is 219 g/mol. The molecule has 1 heterocycles. The van der Waals surface area contributed by atoms with Crippen LogP contribution in [0.3, 0.4) is 0 Å². The Kier molecular flexibility index (Phi) is 3.54. The van der Waals surface area contributed by atoms with Crippen molar-refractivity contribution in [2.24, 2.45) is 0 Å². The summed E-state index contributed by atoms with van der Waals surface area (Å²) in [4.78, 5) is 11.7. The maximum absolute atomic E-state index is 11.7.